The van der Waals surface area contributed by atoms with E-state index in [1.807, 2.05) is 13.0 Å². The number of hydrogen-bond donors (Lipinski definition) is 1. The number of aryl methyl sites for hydroxylation is 1. The summed E-state index contributed by atoms with van der Waals surface area (Å²) in [6.07, 6.45) is 2.74. The molecule has 0 saturated carbocycles. The minimum Gasteiger partial charge on any atom is -0.390 e. The number of thiophene rings is 1. The van der Waals surface area contributed by atoms with Crippen LogP contribution < -0.4 is 5.73 Å². The summed E-state index contributed by atoms with van der Waals surface area (Å²) >= 11 is 1.57. The first kappa shape index (κ1) is 15.0. The summed E-state index contributed by atoms with van der Waals surface area (Å²) in [5.41, 5.74) is 6.84. The van der Waals surface area contributed by atoms with Gasteiger partial charge in [0.25, 0.3) is 5.89 Å². The Morgan fingerprint density at radius 3 is 2.80 bits per heavy atom. The first-order valence-electron chi connectivity index (χ1n) is 7.03. The number of rotatable bonds is 7. The molecule has 1 atom stereocenters. The maximum absolute atomic E-state index is 6.01. The van der Waals surface area contributed by atoms with Crippen LogP contribution in [0.4, 0.5) is 5.00 Å². The summed E-state index contributed by atoms with van der Waals surface area (Å²) in [6.45, 7) is 6.81. The number of hydrogen-bond acceptors (Lipinski definition) is 6. The van der Waals surface area contributed by atoms with Crippen LogP contribution in [0.25, 0.3) is 11.5 Å². The van der Waals surface area contributed by atoms with Gasteiger partial charge in [-0.05, 0) is 25.8 Å². The number of nitrogen functional groups attached to an aromatic ring is 1. The molecule has 0 fully saturated rings. The molecule has 0 amide bonds. The molecule has 110 valence electrons. The van der Waals surface area contributed by atoms with Gasteiger partial charge in [0.15, 0.2) is 0 Å². The summed E-state index contributed by atoms with van der Waals surface area (Å²) in [5.74, 6) is 1.08. The van der Waals surface area contributed by atoms with E-state index in [0.29, 0.717) is 18.3 Å². The number of anilines is 1. The van der Waals surface area contributed by atoms with Gasteiger partial charge in [-0.2, -0.15) is 4.98 Å². The summed E-state index contributed by atoms with van der Waals surface area (Å²) < 4.78 is 11.0. The van der Waals surface area contributed by atoms with Crippen LogP contribution in [0.15, 0.2) is 10.6 Å². The van der Waals surface area contributed by atoms with Gasteiger partial charge in [-0.1, -0.05) is 25.4 Å². The quantitative estimate of drug-likeness (QED) is 0.840. The lowest BCUT2D eigenvalue weighted by Crippen LogP contribution is -2.05. The van der Waals surface area contributed by atoms with Crippen LogP contribution in [0.3, 0.4) is 0 Å². The molecule has 0 saturated heterocycles. The third kappa shape index (κ3) is 3.19. The van der Waals surface area contributed by atoms with Gasteiger partial charge in [0.05, 0.1) is 10.6 Å². The maximum atomic E-state index is 6.01. The first-order chi connectivity index (χ1) is 9.69. The summed E-state index contributed by atoms with van der Waals surface area (Å²) in [6, 6.07) is 2.02. The lowest BCUT2D eigenvalue weighted by Gasteiger charge is -2.11. The second-order valence-corrected chi connectivity index (χ2v) is 5.70. The highest BCUT2D eigenvalue weighted by atomic mass is 32.1. The molecule has 0 bridgehead atoms. The molecule has 0 radical (unpaired) electrons. The zero-order valence-corrected chi connectivity index (χ0v) is 13.0. The Balaban J connectivity index is 2.24. The number of ether oxygens (including phenoxy) is 1. The average molecular weight is 295 g/mol. The molecule has 0 aliphatic rings. The minimum atomic E-state index is -0.104. The van der Waals surface area contributed by atoms with Gasteiger partial charge in [-0.15, -0.1) is 11.3 Å². The van der Waals surface area contributed by atoms with Crippen LogP contribution in [0, 0.1) is 0 Å². The van der Waals surface area contributed by atoms with Crippen molar-refractivity contribution in [2.45, 2.75) is 46.1 Å². The molecule has 0 spiro atoms. The fourth-order valence-corrected chi connectivity index (χ4v) is 2.88. The Morgan fingerprint density at radius 2 is 2.20 bits per heavy atom. The maximum Gasteiger partial charge on any atom is 0.261 e. The van der Waals surface area contributed by atoms with Crippen molar-refractivity contribution in [3.05, 3.63) is 16.8 Å². The van der Waals surface area contributed by atoms with Crippen LogP contribution in [0.1, 0.15) is 50.4 Å². The van der Waals surface area contributed by atoms with E-state index in [2.05, 4.69) is 24.0 Å². The smallest absolute Gasteiger partial charge is 0.261 e. The van der Waals surface area contributed by atoms with Crippen LogP contribution in [0.5, 0.6) is 0 Å². The highest BCUT2D eigenvalue weighted by Crippen LogP contribution is 2.34. The van der Waals surface area contributed by atoms with E-state index in [1.165, 1.54) is 4.88 Å². The highest BCUT2D eigenvalue weighted by Gasteiger charge is 2.20. The molecule has 0 aromatic carbocycles. The van der Waals surface area contributed by atoms with Crippen molar-refractivity contribution >= 4 is 16.3 Å². The van der Waals surface area contributed by atoms with Crippen molar-refractivity contribution < 1.29 is 9.26 Å². The van der Waals surface area contributed by atoms with Gasteiger partial charge < -0.3 is 15.0 Å². The minimum absolute atomic E-state index is 0.104. The van der Waals surface area contributed by atoms with Crippen molar-refractivity contribution in [2.75, 3.05) is 12.3 Å². The fraction of sp³-hybridized carbons (Fsp3) is 0.571. The highest BCUT2D eigenvalue weighted by molar-refractivity contribution is 7.16. The van der Waals surface area contributed by atoms with Crippen molar-refractivity contribution in [2.24, 2.45) is 0 Å². The monoisotopic (exact) mass is 295 g/mol. The summed E-state index contributed by atoms with van der Waals surface area (Å²) in [4.78, 5) is 5.67. The summed E-state index contributed by atoms with van der Waals surface area (Å²) in [7, 11) is 0. The lowest BCUT2D eigenvalue weighted by atomic mass is 10.2. The number of aromatic nitrogens is 2. The molecule has 2 heterocycles. The molecule has 2 aromatic heterocycles. The topological polar surface area (TPSA) is 74.2 Å². The van der Waals surface area contributed by atoms with Gasteiger partial charge in [0, 0.05) is 11.5 Å². The largest absolute Gasteiger partial charge is 0.390 e. The third-order valence-electron chi connectivity index (χ3n) is 3.04. The number of nitrogens with zero attached hydrogens (tertiary/aromatic N) is 2. The molecule has 2 rings (SSSR count). The Morgan fingerprint density at radius 1 is 1.40 bits per heavy atom. The van der Waals surface area contributed by atoms with Gasteiger partial charge in [0.1, 0.15) is 6.10 Å². The molecule has 2 N–H and O–H groups in total. The van der Waals surface area contributed by atoms with E-state index < -0.39 is 0 Å². The van der Waals surface area contributed by atoms with Crippen molar-refractivity contribution in [3.8, 4) is 11.5 Å². The van der Waals surface area contributed by atoms with E-state index in [-0.39, 0.29) is 6.10 Å². The predicted octanol–water partition coefficient (Wildman–Crippen LogP) is 3.82. The first-order valence-corrected chi connectivity index (χ1v) is 7.84. The fourth-order valence-electron chi connectivity index (χ4n) is 2.02. The van der Waals surface area contributed by atoms with Gasteiger partial charge >= 0.3 is 0 Å². The van der Waals surface area contributed by atoms with E-state index in [1.54, 1.807) is 11.3 Å². The predicted molar refractivity (Wildman–Crippen MR) is 80.7 cm³/mol. The Labute approximate surface area is 123 Å². The van der Waals surface area contributed by atoms with Gasteiger partial charge in [0.2, 0.25) is 5.82 Å². The van der Waals surface area contributed by atoms with Gasteiger partial charge in [-0.25, -0.2) is 0 Å². The van der Waals surface area contributed by atoms with E-state index in [0.717, 1.165) is 29.8 Å². The van der Waals surface area contributed by atoms with E-state index in [9.17, 15) is 0 Å². The lowest BCUT2D eigenvalue weighted by molar-refractivity contribution is 0.0478. The Bertz CT molecular complexity index is 544. The van der Waals surface area contributed by atoms with E-state index in [4.69, 9.17) is 15.0 Å². The second kappa shape index (κ2) is 6.85. The Hall–Kier alpha value is -1.40. The van der Waals surface area contributed by atoms with Crippen LogP contribution >= 0.6 is 11.3 Å². The van der Waals surface area contributed by atoms with Crippen molar-refractivity contribution in [1.82, 2.24) is 10.1 Å². The molecule has 6 heteroatoms. The molecule has 5 nitrogen and oxygen atoms in total. The van der Waals surface area contributed by atoms with Gasteiger partial charge in [-0.3, -0.25) is 0 Å². The molecular weight excluding hydrogens is 274 g/mol. The van der Waals surface area contributed by atoms with Crippen LogP contribution in [0.2, 0.25) is 0 Å². The van der Waals surface area contributed by atoms with Crippen molar-refractivity contribution in [1.29, 1.82) is 0 Å². The zero-order chi connectivity index (χ0) is 14.5. The second-order valence-electron chi connectivity index (χ2n) is 4.53. The van der Waals surface area contributed by atoms with Crippen LogP contribution in [-0.2, 0) is 11.2 Å². The zero-order valence-electron chi connectivity index (χ0n) is 12.2. The molecular formula is C14H21N3O2S. The number of nitrogens with two attached hydrogens (primary N) is 1. The Kier molecular flexibility index (Phi) is 5.14. The van der Waals surface area contributed by atoms with Crippen LogP contribution in [-0.4, -0.2) is 16.7 Å². The molecule has 2 aromatic rings. The molecule has 1 unspecified atom stereocenters. The standard InChI is InChI=1S/C14H21N3O2S/c1-4-7-11(18-6-3)13-16-14(19-17-13)10-8-9(5-2)20-12(10)15/h8,11H,4-7,15H2,1-3H3. The SMILES string of the molecule is CCCC(OCC)c1noc(-c2cc(CC)sc2N)n1. The third-order valence-corrected chi connectivity index (χ3v) is 4.15. The average Bonchev–Trinajstić information content (AvgIpc) is 3.04. The molecule has 0 aliphatic heterocycles. The normalized spacial score (nSPS) is 12.8. The van der Waals surface area contributed by atoms with E-state index >= 15 is 0 Å². The van der Waals surface area contributed by atoms with Crippen molar-refractivity contribution in [3.63, 3.8) is 0 Å². The molecule has 20 heavy (non-hydrogen) atoms. The molecule has 0 aliphatic carbocycles. The summed E-state index contributed by atoms with van der Waals surface area (Å²) in [5, 5.41) is 4.77.